The first kappa shape index (κ1) is 60.5. The van der Waals surface area contributed by atoms with Crippen LogP contribution in [0.2, 0.25) is 0 Å². The number of rotatable bonds is 20. The first-order chi connectivity index (χ1) is 40.3. The minimum absolute atomic E-state index is 0.00377. The number of aliphatic imine (C=N–C) groups is 1. The normalized spacial score (nSPS) is 21.7. The average molecular weight is 1130 g/mol. The predicted octanol–water partition coefficient (Wildman–Crippen LogP) is 11.3. The molecular weight excluding hydrogens is 1040 g/mol. The lowest BCUT2D eigenvalue weighted by atomic mass is 9.70. The predicted molar refractivity (Wildman–Crippen MR) is 330 cm³/mol. The van der Waals surface area contributed by atoms with Crippen molar-refractivity contribution in [2.45, 2.75) is 128 Å². The number of ketones is 1. The van der Waals surface area contributed by atoms with Crippen LogP contribution in [0.3, 0.4) is 0 Å². The van der Waals surface area contributed by atoms with Gasteiger partial charge in [-0.1, -0.05) is 86.9 Å². The summed E-state index contributed by atoms with van der Waals surface area (Å²) in [7, 11) is 5.17. The van der Waals surface area contributed by atoms with Gasteiger partial charge in [0.15, 0.2) is 23.7 Å². The summed E-state index contributed by atoms with van der Waals surface area (Å²) in [5, 5.41) is 60.0. The van der Waals surface area contributed by atoms with E-state index in [0.717, 1.165) is 96.1 Å². The van der Waals surface area contributed by atoms with Gasteiger partial charge in [-0.05, 0) is 182 Å². The fourth-order valence-corrected chi connectivity index (χ4v) is 12.8. The van der Waals surface area contributed by atoms with Crippen molar-refractivity contribution in [3.05, 3.63) is 158 Å². The van der Waals surface area contributed by atoms with E-state index < -0.39 is 24.2 Å². The van der Waals surface area contributed by atoms with Crippen molar-refractivity contribution < 1.29 is 44.2 Å². The number of fused-ring (bicyclic) bond motifs is 8. The summed E-state index contributed by atoms with van der Waals surface area (Å²) in [6.45, 7) is 7.59. The van der Waals surface area contributed by atoms with E-state index in [1.165, 1.54) is 5.56 Å². The fraction of sp³-hybridized carbons (Fsp3) is 0.449. The molecule has 0 saturated carbocycles. The van der Waals surface area contributed by atoms with Crippen LogP contribution in [-0.2, 0) is 40.1 Å². The number of ether oxygens (including phenoxy) is 4. The molecule has 440 valence electrons. The molecule has 0 spiro atoms. The molecule has 14 nitrogen and oxygen atoms in total. The number of guanidine groups is 1. The number of phenols is 1. The van der Waals surface area contributed by atoms with Crippen LogP contribution in [0.5, 0.6) is 17.2 Å². The summed E-state index contributed by atoms with van der Waals surface area (Å²) in [5.74, 6) is 3.49. The number of aliphatic hydroxyl groups excluding tert-OH is 2. The lowest BCUT2D eigenvalue weighted by Gasteiger charge is -2.35. The van der Waals surface area contributed by atoms with Crippen LogP contribution in [0.25, 0.3) is 16.8 Å². The summed E-state index contributed by atoms with van der Waals surface area (Å²) in [6, 6.07) is 26.1. The Balaban J connectivity index is 1.22. The van der Waals surface area contributed by atoms with Gasteiger partial charge in [0.25, 0.3) is 0 Å². The van der Waals surface area contributed by atoms with Gasteiger partial charge in [0, 0.05) is 73.2 Å². The van der Waals surface area contributed by atoms with Crippen molar-refractivity contribution in [1.29, 1.82) is 0 Å². The van der Waals surface area contributed by atoms with Crippen molar-refractivity contribution in [2.24, 2.45) is 28.5 Å². The lowest BCUT2D eigenvalue weighted by Crippen LogP contribution is -2.31. The van der Waals surface area contributed by atoms with Crippen LogP contribution in [0, 0.1) is 29.8 Å². The summed E-state index contributed by atoms with van der Waals surface area (Å²) in [5.41, 5.74) is 14.9. The van der Waals surface area contributed by atoms with E-state index >= 15 is 0 Å². The maximum Gasteiger partial charge on any atom is 0.192 e. The van der Waals surface area contributed by atoms with Gasteiger partial charge < -0.3 is 61.1 Å². The van der Waals surface area contributed by atoms with Gasteiger partial charge in [0.2, 0.25) is 0 Å². The number of unbranched alkanes of at least 4 members (excludes halogenated alkanes) is 1. The SMILES string of the molecule is CCCNC[C@@H]1C[C@@H](c2cccc(CCOCCCNC)c2)[C@@H]2C#CO[C@H](CC(=O)CCc3ccc(OC)c(c3)OCc3c(C(O)O)cc4c2c(O)cc2c4c3C=C[C@H]2C)C[C@H]2C=C(O)C1=C[C@H]2CCCCc1cccc(NC(N)=NC)c1. The molecule has 0 aromatic heterocycles. The van der Waals surface area contributed by atoms with E-state index in [9.17, 15) is 25.2 Å². The third-order valence-electron chi connectivity index (χ3n) is 17.1. The molecule has 0 radical (unpaired) electrons. The number of carbonyl (C=O) groups excluding carboxylic acids is 1. The monoisotopic (exact) mass is 1130 g/mol. The molecule has 14 heteroatoms. The zero-order chi connectivity index (χ0) is 58.4. The summed E-state index contributed by atoms with van der Waals surface area (Å²) in [6.07, 6.45) is 16.8. The van der Waals surface area contributed by atoms with E-state index in [0.29, 0.717) is 79.4 Å². The van der Waals surface area contributed by atoms with Gasteiger partial charge in [-0.25, -0.2) is 0 Å². The Morgan fingerprint density at radius 2 is 1.77 bits per heavy atom. The highest BCUT2D eigenvalue weighted by atomic mass is 16.5. The molecule has 6 aliphatic rings. The van der Waals surface area contributed by atoms with Gasteiger partial charge in [-0.2, -0.15) is 0 Å². The lowest BCUT2D eigenvalue weighted by molar-refractivity contribution is -0.121. The van der Waals surface area contributed by atoms with Crippen LogP contribution in [0.1, 0.15) is 146 Å². The zero-order valence-corrected chi connectivity index (χ0v) is 49.0. The van der Waals surface area contributed by atoms with Gasteiger partial charge in [-0.3, -0.25) is 9.79 Å². The highest BCUT2D eigenvalue weighted by Gasteiger charge is 2.38. The molecule has 11 rings (SSSR count). The highest BCUT2D eigenvalue weighted by Crippen LogP contribution is 2.51. The van der Waals surface area contributed by atoms with Gasteiger partial charge >= 0.3 is 0 Å². The number of hydrogen-bond acceptors (Lipinski definition) is 12. The number of allylic oxidation sites excluding steroid dienone is 4. The number of benzene rings is 5. The number of aryl methyl sites for hydroxylation is 2. The summed E-state index contributed by atoms with van der Waals surface area (Å²) >= 11 is 0. The summed E-state index contributed by atoms with van der Waals surface area (Å²) < 4.78 is 25.4. The van der Waals surface area contributed by atoms with Crippen molar-refractivity contribution >= 4 is 34.3 Å². The van der Waals surface area contributed by atoms with Gasteiger partial charge in [-0.15, -0.1) is 0 Å². The van der Waals surface area contributed by atoms with Crippen LogP contribution >= 0.6 is 0 Å². The van der Waals surface area contributed by atoms with E-state index in [1.54, 1.807) is 20.2 Å². The second kappa shape index (κ2) is 28.9. The summed E-state index contributed by atoms with van der Waals surface area (Å²) in [4.78, 5) is 18.5. The molecule has 5 aromatic rings. The molecule has 7 atom stereocenters. The van der Waals surface area contributed by atoms with Crippen LogP contribution in [0.4, 0.5) is 5.69 Å². The standard InChI is InChI=1S/C69H85N5O9/c1-6-26-73-41-50-36-57(48-16-9-13-45(31-48)24-29-81-28-11-27-71-3)55-25-30-82-53(34-49-37-62(76)58(50)35-47(49)15-8-7-12-44-14-10-17-51(32-44)74-69(70)72-4)38-52(75)21-19-46-20-23-64(80-5)65(33-46)83-42-61-54-22-18-43(2)56-40-63(77)67(55)60(66(54)56)39-59(61)68(78)79/h9-10,13-14,16-18,20,22-23,31-33,35,37,39-40,43,47,49-50,53,55,57,68,71,73,76-79H,6-8,11-12,15,19,21,24,26-29,34,36,38,41-42H2,1-5H3,(H3,70,72,74)/t43-,47-,49+,50+,53+,55+,57+/m1/s1. The number of nitrogens with zero attached hydrogens (tertiary/aromatic N) is 1. The van der Waals surface area contributed by atoms with E-state index in [4.69, 9.17) is 24.7 Å². The maximum atomic E-state index is 14.4. The van der Waals surface area contributed by atoms with E-state index in [2.05, 4.69) is 95.4 Å². The molecule has 4 heterocycles. The van der Waals surface area contributed by atoms with E-state index in [1.807, 2.05) is 55.6 Å². The van der Waals surface area contributed by atoms with Crippen LogP contribution in [-0.4, -0.2) is 92.3 Å². The second-order valence-corrected chi connectivity index (χ2v) is 22.9. The van der Waals surface area contributed by atoms with E-state index in [-0.39, 0.29) is 66.0 Å². The molecule has 0 fully saturated rings. The maximum absolute atomic E-state index is 14.4. The second-order valence-electron chi connectivity index (χ2n) is 22.9. The van der Waals surface area contributed by atoms with Crippen molar-refractivity contribution in [2.75, 3.05) is 59.4 Å². The molecule has 10 bridgehead atoms. The number of anilines is 1. The number of Topliss-reactive ketones (excluding diaryl/α,β-unsaturated/α-hetero) is 1. The molecular formula is C69H85N5O9. The minimum atomic E-state index is -1.91. The average Bonchev–Trinajstić information content (AvgIpc) is 2.64. The largest absolute Gasteiger partial charge is 0.508 e. The molecule has 4 aliphatic heterocycles. The molecule has 0 unspecified atom stereocenters. The minimum Gasteiger partial charge on any atom is -0.508 e. The van der Waals surface area contributed by atoms with Crippen molar-refractivity contribution in [3.8, 4) is 29.3 Å². The molecule has 83 heavy (non-hydrogen) atoms. The molecule has 2 aliphatic carbocycles. The third kappa shape index (κ3) is 15.0. The number of hydrogen-bond donors (Lipinski definition) is 8. The van der Waals surface area contributed by atoms with Gasteiger partial charge in [0.1, 0.15) is 36.1 Å². The first-order valence-corrected chi connectivity index (χ1v) is 30.0. The molecule has 0 saturated heterocycles. The zero-order valence-electron chi connectivity index (χ0n) is 49.0. The Kier molecular flexibility index (Phi) is 21.1. The fourth-order valence-electron chi connectivity index (χ4n) is 12.8. The molecule has 5 aromatic carbocycles. The van der Waals surface area contributed by atoms with Crippen molar-refractivity contribution in [3.63, 3.8) is 0 Å². The number of carbonyl (C=O) groups is 1. The van der Waals surface area contributed by atoms with Gasteiger partial charge in [0.05, 0.1) is 19.6 Å². The third-order valence-corrected chi connectivity index (χ3v) is 17.1. The molecule has 9 N–H and O–H groups in total. The highest BCUT2D eigenvalue weighted by molar-refractivity contribution is 6.01. The smallest absolute Gasteiger partial charge is 0.192 e. The first-order valence-electron chi connectivity index (χ1n) is 30.0. The van der Waals surface area contributed by atoms with Crippen molar-refractivity contribution in [1.82, 2.24) is 10.6 Å². The Bertz CT molecular complexity index is 3260. The number of nitrogens with two attached hydrogens (primary N) is 1. The number of phenolic OH excluding ortho intramolecular Hbond substituents is 1. The number of aromatic hydroxyl groups is 1. The number of nitrogens with one attached hydrogen (secondary N) is 3. The Labute approximate surface area is 490 Å². The molecule has 0 amide bonds. The number of aliphatic hydroxyl groups is 3. The topological polar surface area (TPSA) is 209 Å². The number of methoxy groups -OCH3 is 1. The Morgan fingerprint density at radius 1 is 0.940 bits per heavy atom. The Hall–Kier alpha value is -7.12. The Morgan fingerprint density at radius 3 is 2.57 bits per heavy atom. The van der Waals surface area contributed by atoms with Crippen LogP contribution in [0.15, 0.2) is 113 Å². The quantitative estimate of drug-likeness (QED) is 0.0120. The van der Waals surface area contributed by atoms with Crippen LogP contribution < -0.4 is 31.2 Å².